The van der Waals surface area contributed by atoms with Gasteiger partial charge in [0.15, 0.2) is 0 Å². The second kappa shape index (κ2) is 7.60. The van der Waals surface area contributed by atoms with Crippen LogP contribution < -0.4 is 0 Å². The average molecular weight is 365 g/mol. The summed E-state index contributed by atoms with van der Waals surface area (Å²) in [6.45, 7) is 1.93. The second-order valence-electron chi connectivity index (χ2n) is 6.41. The van der Waals surface area contributed by atoms with Gasteiger partial charge in [0.25, 0.3) is 5.91 Å². The topological polar surface area (TPSA) is 23.6 Å². The summed E-state index contributed by atoms with van der Waals surface area (Å²) in [5, 5.41) is 1.07. The summed E-state index contributed by atoms with van der Waals surface area (Å²) in [6, 6.07) is 10.8. The van der Waals surface area contributed by atoms with E-state index in [-0.39, 0.29) is 5.91 Å². The zero-order valence-corrected chi connectivity index (χ0v) is 14.7. The highest BCUT2D eigenvalue weighted by Crippen LogP contribution is 2.33. The predicted octanol–water partition coefficient (Wildman–Crippen LogP) is 3.89. The average Bonchev–Trinajstić information content (AvgIpc) is 2.94. The molecule has 1 aromatic rings. The van der Waals surface area contributed by atoms with Gasteiger partial charge in [0.1, 0.15) is 0 Å². The summed E-state index contributed by atoms with van der Waals surface area (Å²) in [5.74, 6) is 0.209. The first kappa shape index (κ1) is 16.0. The lowest BCUT2D eigenvalue weighted by molar-refractivity contribution is 0.0702. The molecule has 1 saturated heterocycles. The van der Waals surface area contributed by atoms with Crippen LogP contribution in [0.5, 0.6) is 0 Å². The fourth-order valence-corrected chi connectivity index (χ4v) is 4.29. The lowest BCUT2D eigenvalue weighted by Crippen LogP contribution is -2.42. The van der Waals surface area contributed by atoms with Gasteiger partial charge in [0.05, 0.1) is 6.67 Å². The molecule has 0 bridgehead atoms. The molecule has 0 radical (unpaired) electrons. The molecule has 4 heteroatoms. The number of amides is 1. The third kappa shape index (κ3) is 3.38. The van der Waals surface area contributed by atoms with E-state index in [0.29, 0.717) is 12.1 Å². The number of unbranched alkanes of at least 4 members (excludes halogenated alkanes) is 1. The molecule has 120 valence electrons. The van der Waals surface area contributed by atoms with Crippen molar-refractivity contribution < 1.29 is 4.79 Å². The number of rotatable bonds is 5. The summed E-state index contributed by atoms with van der Waals surface area (Å²) >= 11 is 3.51. The minimum Gasteiger partial charge on any atom is -0.321 e. The number of halogens is 1. The quantitative estimate of drug-likeness (QED) is 0.584. The fraction of sp³-hybridized carbons (Fsp3) is 0.611. The highest BCUT2D eigenvalue weighted by Gasteiger charge is 2.42. The Kier molecular flexibility index (Phi) is 5.53. The predicted molar refractivity (Wildman–Crippen MR) is 93.3 cm³/mol. The monoisotopic (exact) mass is 364 g/mol. The molecule has 2 fully saturated rings. The lowest BCUT2D eigenvalue weighted by Gasteiger charge is -2.32. The van der Waals surface area contributed by atoms with Crippen molar-refractivity contribution in [1.82, 2.24) is 9.80 Å². The smallest absolute Gasteiger partial charge is 0.255 e. The van der Waals surface area contributed by atoms with Crippen molar-refractivity contribution in [2.24, 2.45) is 0 Å². The maximum absolute atomic E-state index is 12.9. The van der Waals surface area contributed by atoms with Crippen molar-refractivity contribution in [1.29, 1.82) is 0 Å². The highest BCUT2D eigenvalue weighted by atomic mass is 79.9. The molecule has 2 unspecified atom stereocenters. The molecular weight excluding hydrogens is 340 g/mol. The largest absolute Gasteiger partial charge is 0.321 e. The molecule has 22 heavy (non-hydrogen) atoms. The van der Waals surface area contributed by atoms with Crippen molar-refractivity contribution in [2.45, 2.75) is 50.6 Å². The van der Waals surface area contributed by atoms with Crippen molar-refractivity contribution >= 4 is 21.8 Å². The zero-order valence-electron chi connectivity index (χ0n) is 13.1. The number of nitrogens with zero attached hydrogens (tertiary/aromatic N) is 2. The van der Waals surface area contributed by atoms with Gasteiger partial charge in [-0.1, -0.05) is 47.0 Å². The molecule has 2 atom stereocenters. The van der Waals surface area contributed by atoms with Gasteiger partial charge in [-0.15, -0.1) is 0 Å². The molecule has 1 saturated carbocycles. The van der Waals surface area contributed by atoms with Crippen molar-refractivity contribution in [3.05, 3.63) is 35.9 Å². The SMILES string of the molecule is O=C(c1ccccc1)N1CN(CCCCBr)C2CCCCC21. The molecule has 1 aromatic carbocycles. The van der Waals surface area contributed by atoms with E-state index in [4.69, 9.17) is 0 Å². The van der Waals surface area contributed by atoms with Gasteiger partial charge in [-0.05, 0) is 37.8 Å². The standard InChI is InChI=1S/C18H25BrN2O/c19-12-6-7-13-20-14-21(17-11-5-4-10-16(17)20)18(22)15-8-2-1-3-9-15/h1-3,8-9,16-17H,4-7,10-14H2. The summed E-state index contributed by atoms with van der Waals surface area (Å²) in [6.07, 6.45) is 7.40. The van der Waals surface area contributed by atoms with Crippen LogP contribution in [-0.4, -0.2) is 46.3 Å². The van der Waals surface area contributed by atoms with E-state index in [1.807, 2.05) is 30.3 Å². The Labute approximate surface area is 141 Å². The molecule has 1 heterocycles. The minimum absolute atomic E-state index is 0.209. The summed E-state index contributed by atoms with van der Waals surface area (Å²) in [4.78, 5) is 17.6. The maximum atomic E-state index is 12.9. The first-order chi connectivity index (χ1) is 10.8. The van der Waals surface area contributed by atoms with E-state index in [9.17, 15) is 4.79 Å². The number of carbonyl (C=O) groups excluding carboxylic acids is 1. The molecule has 0 aromatic heterocycles. The third-order valence-electron chi connectivity index (χ3n) is 5.01. The number of hydrogen-bond donors (Lipinski definition) is 0. The minimum atomic E-state index is 0.209. The van der Waals surface area contributed by atoms with Crippen LogP contribution in [0.25, 0.3) is 0 Å². The van der Waals surface area contributed by atoms with Gasteiger partial charge in [-0.3, -0.25) is 9.69 Å². The van der Waals surface area contributed by atoms with Crippen LogP contribution in [0.15, 0.2) is 30.3 Å². The first-order valence-corrected chi connectivity index (χ1v) is 9.59. The van der Waals surface area contributed by atoms with Gasteiger partial charge >= 0.3 is 0 Å². The zero-order chi connectivity index (χ0) is 15.4. The molecule has 1 aliphatic carbocycles. The van der Waals surface area contributed by atoms with Crippen molar-refractivity contribution in [3.63, 3.8) is 0 Å². The Morgan fingerprint density at radius 1 is 1.09 bits per heavy atom. The number of carbonyl (C=O) groups is 1. The summed E-state index contributed by atoms with van der Waals surface area (Å²) in [7, 11) is 0. The van der Waals surface area contributed by atoms with E-state index < -0.39 is 0 Å². The van der Waals surface area contributed by atoms with E-state index in [0.717, 1.165) is 30.5 Å². The van der Waals surface area contributed by atoms with E-state index in [1.165, 1.54) is 32.1 Å². The molecule has 3 nitrogen and oxygen atoms in total. The molecule has 3 rings (SSSR count). The Morgan fingerprint density at radius 3 is 2.55 bits per heavy atom. The molecule has 0 N–H and O–H groups in total. The second-order valence-corrected chi connectivity index (χ2v) is 7.20. The van der Waals surface area contributed by atoms with Crippen LogP contribution in [0, 0.1) is 0 Å². The van der Waals surface area contributed by atoms with Gasteiger partial charge in [-0.2, -0.15) is 0 Å². The number of benzene rings is 1. The summed E-state index contributed by atoms with van der Waals surface area (Å²) < 4.78 is 0. The number of hydrogen-bond acceptors (Lipinski definition) is 2. The summed E-state index contributed by atoms with van der Waals surface area (Å²) in [5.41, 5.74) is 0.828. The first-order valence-electron chi connectivity index (χ1n) is 8.47. The fourth-order valence-electron chi connectivity index (χ4n) is 3.89. The van der Waals surface area contributed by atoms with Crippen LogP contribution in [0.1, 0.15) is 48.9 Å². The third-order valence-corrected chi connectivity index (χ3v) is 5.57. The van der Waals surface area contributed by atoms with E-state index in [1.54, 1.807) is 0 Å². The Morgan fingerprint density at radius 2 is 1.82 bits per heavy atom. The molecule has 1 amide bonds. The van der Waals surface area contributed by atoms with E-state index in [2.05, 4.69) is 25.7 Å². The maximum Gasteiger partial charge on any atom is 0.255 e. The molecule has 0 spiro atoms. The molecule has 1 aliphatic heterocycles. The Balaban J connectivity index is 1.72. The van der Waals surface area contributed by atoms with Crippen LogP contribution in [0.4, 0.5) is 0 Å². The van der Waals surface area contributed by atoms with E-state index >= 15 is 0 Å². The Hall–Kier alpha value is -0.870. The van der Waals surface area contributed by atoms with Gasteiger partial charge < -0.3 is 4.90 Å². The number of alkyl halides is 1. The van der Waals surface area contributed by atoms with Gasteiger partial charge in [0, 0.05) is 29.5 Å². The Bertz CT molecular complexity index is 493. The van der Waals surface area contributed by atoms with Crippen LogP contribution in [0.3, 0.4) is 0 Å². The van der Waals surface area contributed by atoms with Crippen LogP contribution in [-0.2, 0) is 0 Å². The molecular formula is C18H25BrN2O. The van der Waals surface area contributed by atoms with Gasteiger partial charge in [0.2, 0.25) is 0 Å². The van der Waals surface area contributed by atoms with Crippen LogP contribution >= 0.6 is 15.9 Å². The normalized spacial score (nSPS) is 25.2. The highest BCUT2D eigenvalue weighted by molar-refractivity contribution is 9.09. The molecule has 2 aliphatic rings. The lowest BCUT2D eigenvalue weighted by atomic mass is 9.90. The van der Waals surface area contributed by atoms with Crippen molar-refractivity contribution in [2.75, 3.05) is 18.5 Å². The van der Waals surface area contributed by atoms with Crippen molar-refractivity contribution in [3.8, 4) is 0 Å². The number of fused-ring (bicyclic) bond motifs is 1. The van der Waals surface area contributed by atoms with Gasteiger partial charge in [-0.25, -0.2) is 0 Å². The van der Waals surface area contributed by atoms with Crippen LogP contribution in [0.2, 0.25) is 0 Å².